The molecule has 190 valence electrons. The van der Waals surface area contributed by atoms with Crippen molar-refractivity contribution in [2.75, 3.05) is 49.7 Å². The first-order valence-electron chi connectivity index (χ1n) is 12.4. The molecule has 0 radical (unpaired) electrons. The van der Waals surface area contributed by atoms with Crippen LogP contribution < -0.4 is 15.7 Å². The topological polar surface area (TPSA) is 116 Å². The quantitative estimate of drug-likeness (QED) is 0.562. The molecule has 10 nitrogen and oxygen atoms in total. The van der Waals surface area contributed by atoms with E-state index in [9.17, 15) is 14.7 Å². The van der Waals surface area contributed by atoms with Gasteiger partial charge in [0.25, 0.3) is 11.8 Å². The molecule has 2 unspecified atom stereocenters. The summed E-state index contributed by atoms with van der Waals surface area (Å²) >= 11 is 0. The summed E-state index contributed by atoms with van der Waals surface area (Å²) in [5.41, 5.74) is 5.72. The molecule has 0 spiro atoms. The highest BCUT2D eigenvalue weighted by Crippen LogP contribution is 2.22. The van der Waals surface area contributed by atoms with Gasteiger partial charge in [0.05, 0.1) is 6.61 Å². The van der Waals surface area contributed by atoms with Gasteiger partial charge in [-0.1, -0.05) is 0 Å². The van der Waals surface area contributed by atoms with Gasteiger partial charge < -0.3 is 25.0 Å². The number of amidine groups is 1. The Morgan fingerprint density at radius 2 is 1.78 bits per heavy atom. The third-order valence-electron chi connectivity index (χ3n) is 6.72. The first-order chi connectivity index (χ1) is 17.6. The van der Waals surface area contributed by atoms with Crippen molar-refractivity contribution in [2.24, 2.45) is 4.99 Å². The summed E-state index contributed by atoms with van der Waals surface area (Å²) < 4.78 is 5.73. The highest BCUT2D eigenvalue weighted by atomic mass is 16.7. The lowest BCUT2D eigenvalue weighted by molar-refractivity contribution is -0.133. The molecule has 2 atom stereocenters. The van der Waals surface area contributed by atoms with Crippen molar-refractivity contribution in [3.05, 3.63) is 59.7 Å². The average Bonchev–Trinajstić information content (AvgIpc) is 3.48. The summed E-state index contributed by atoms with van der Waals surface area (Å²) in [6.45, 7) is 3.27. The molecule has 2 saturated heterocycles. The van der Waals surface area contributed by atoms with E-state index in [4.69, 9.17) is 9.57 Å². The molecule has 5 rings (SSSR count). The van der Waals surface area contributed by atoms with Gasteiger partial charge in [0.1, 0.15) is 6.10 Å². The first kappa shape index (κ1) is 24.2. The van der Waals surface area contributed by atoms with Crippen LogP contribution in [0.2, 0.25) is 0 Å². The number of anilines is 2. The number of hydrogen-bond acceptors (Lipinski definition) is 8. The Labute approximate surface area is 209 Å². The fourth-order valence-electron chi connectivity index (χ4n) is 4.67. The van der Waals surface area contributed by atoms with Gasteiger partial charge in [-0.2, -0.15) is 0 Å². The molecule has 0 bridgehead atoms. The Bertz CT molecular complexity index is 1100. The summed E-state index contributed by atoms with van der Waals surface area (Å²) in [5, 5.41) is 13.4. The van der Waals surface area contributed by atoms with Gasteiger partial charge in [-0.3, -0.25) is 14.4 Å². The van der Waals surface area contributed by atoms with Crippen molar-refractivity contribution in [3.63, 3.8) is 0 Å². The zero-order chi connectivity index (χ0) is 24.9. The Hall–Kier alpha value is -3.47. The number of benzene rings is 2. The van der Waals surface area contributed by atoms with E-state index in [0.29, 0.717) is 36.8 Å². The number of nitrogens with one attached hydrogen (secondary N) is 2. The van der Waals surface area contributed by atoms with Gasteiger partial charge in [-0.05, 0) is 67.8 Å². The van der Waals surface area contributed by atoms with Gasteiger partial charge >= 0.3 is 0 Å². The van der Waals surface area contributed by atoms with E-state index < -0.39 is 18.1 Å². The third-order valence-corrected chi connectivity index (χ3v) is 6.72. The molecule has 2 aromatic rings. The first-order valence-corrected chi connectivity index (χ1v) is 12.4. The van der Waals surface area contributed by atoms with Crippen LogP contribution in [0.25, 0.3) is 0 Å². The second-order valence-electron chi connectivity index (χ2n) is 9.15. The zero-order valence-electron chi connectivity index (χ0n) is 20.1. The van der Waals surface area contributed by atoms with E-state index in [0.717, 1.165) is 37.2 Å². The Balaban J connectivity index is 1.17. The molecule has 3 N–H and O–H groups in total. The fraction of sp³-hybridized carbons (Fsp3) is 0.423. The second-order valence-corrected chi connectivity index (χ2v) is 9.15. The molecule has 3 heterocycles. The fourth-order valence-corrected chi connectivity index (χ4v) is 4.67. The van der Waals surface area contributed by atoms with Crippen LogP contribution in [-0.2, 0) is 14.4 Å². The normalized spacial score (nSPS) is 20.9. The molecule has 36 heavy (non-hydrogen) atoms. The van der Waals surface area contributed by atoms with Crippen molar-refractivity contribution >= 4 is 29.0 Å². The van der Waals surface area contributed by atoms with E-state index in [-0.39, 0.29) is 12.6 Å². The molecular formula is C26H31N5O5. The molecule has 3 aliphatic heterocycles. The number of hydrogen-bond donors (Lipinski definition) is 3. The Morgan fingerprint density at radius 1 is 1.03 bits per heavy atom. The molecule has 0 saturated carbocycles. The van der Waals surface area contributed by atoms with E-state index in [1.807, 2.05) is 29.2 Å². The molecule has 2 fully saturated rings. The van der Waals surface area contributed by atoms with Gasteiger partial charge in [0, 0.05) is 48.7 Å². The second kappa shape index (κ2) is 11.1. The van der Waals surface area contributed by atoms with Crippen LogP contribution in [0.15, 0.2) is 53.5 Å². The third kappa shape index (κ3) is 5.51. The maximum Gasteiger partial charge on any atom is 0.256 e. The minimum absolute atomic E-state index is 0.0713. The lowest BCUT2D eigenvalue weighted by Gasteiger charge is -2.36. The number of hydroxylamine groups is 1. The number of aliphatic hydroxyl groups excluding tert-OH is 1. The monoisotopic (exact) mass is 493 g/mol. The van der Waals surface area contributed by atoms with Crippen LogP contribution >= 0.6 is 0 Å². The number of aliphatic hydroxyl groups is 1. The molecular weight excluding hydrogens is 462 g/mol. The lowest BCUT2D eigenvalue weighted by atomic mass is 10.1. The van der Waals surface area contributed by atoms with Crippen molar-refractivity contribution in [3.8, 4) is 0 Å². The Morgan fingerprint density at radius 3 is 2.47 bits per heavy atom. The average molecular weight is 494 g/mol. The largest absolute Gasteiger partial charge is 0.380 e. The number of likely N-dealkylation sites (tertiary alicyclic amines) is 1. The van der Waals surface area contributed by atoms with Crippen molar-refractivity contribution in [1.82, 2.24) is 10.4 Å². The van der Waals surface area contributed by atoms with Gasteiger partial charge in [-0.15, -0.1) is 0 Å². The van der Waals surface area contributed by atoms with Crippen molar-refractivity contribution in [2.45, 2.75) is 31.5 Å². The van der Waals surface area contributed by atoms with Crippen molar-refractivity contribution in [1.29, 1.82) is 0 Å². The molecule has 2 aromatic carbocycles. The van der Waals surface area contributed by atoms with Crippen LogP contribution in [-0.4, -0.2) is 79.4 Å². The number of aliphatic imine (C=N–C) groups is 1. The highest BCUT2D eigenvalue weighted by Gasteiger charge is 2.32. The lowest BCUT2D eigenvalue weighted by Crippen LogP contribution is -2.51. The number of piperidine rings is 1. The number of amides is 2. The number of carbonyl (C=O) groups is 2. The van der Waals surface area contributed by atoms with Crippen LogP contribution in [0.1, 0.15) is 35.2 Å². The molecule has 2 amide bonds. The zero-order valence-corrected chi connectivity index (χ0v) is 20.1. The smallest absolute Gasteiger partial charge is 0.256 e. The summed E-state index contributed by atoms with van der Waals surface area (Å²) in [7, 11) is 0. The summed E-state index contributed by atoms with van der Waals surface area (Å²) in [5.74, 6) is 0.173. The minimum Gasteiger partial charge on any atom is -0.380 e. The van der Waals surface area contributed by atoms with Crippen LogP contribution in [0.4, 0.5) is 11.4 Å². The van der Waals surface area contributed by atoms with E-state index >= 15 is 0 Å². The van der Waals surface area contributed by atoms with Gasteiger partial charge in [0.2, 0.25) is 0 Å². The maximum absolute atomic E-state index is 12.7. The predicted molar refractivity (Wildman–Crippen MR) is 135 cm³/mol. The molecule has 0 aliphatic carbocycles. The van der Waals surface area contributed by atoms with E-state index in [1.54, 1.807) is 24.3 Å². The molecule has 0 aromatic heterocycles. The Kier molecular flexibility index (Phi) is 7.45. The predicted octanol–water partition coefficient (Wildman–Crippen LogP) is 1.76. The maximum atomic E-state index is 12.7. The number of morpholine rings is 1. The van der Waals surface area contributed by atoms with Crippen LogP contribution in [0, 0.1) is 0 Å². The number of ether oxygens (including phenoxy) is 1. The van der Waals surface area contributed by atoms with Gasteiger partial charge in [0.15, 0.2) is 18.7 Å². The van der Waals surface area contributed by atoms with Crippen molar-refractivity contribution < 1.29 is 24.3 Å². The summed E-state index contributed by atoms with van der Waals surface area (Å²) in [6.07, 6.45) is 1.29. The summed E-state index contributed by atoms with van der Waals surface area (Å²) in [4.78, 5) is 38.6. The SMILES string of the molecule is O=C(Nc1ccc(C2=NCON2)cc1)C(O)C1CN(c2ccc(C(=O)N3CCCCC3)cc2)CCO1. The minimum atomic E-state index is -1.33. The van der Waals surface area contributed by atoms with E-state index in [2.05, 4.69) is 20.7 Å². The number of rotatable bonds is 6. The molecule has 3 aliphatic rings. The number of nitrogens with zero attached hydrogens (tertiary/aromatic N) is 3. The highest BCUT2D eigenvalue weighted by molar-refractivity contribution is 6.00. The standard InChI is InChI=1S/C26H31N5O5/c32-23(25(33)28-20-8-4-18(5-9-20)24-27-17-36-29-24)22-16-31(14-15-35-22)21-10-6-19(7-11-21)26(34)30-12-2-1-3-13-30/h4-11,22-23,32H,1-3,12-17H2,(H,27,29)(H,28,33). The summed E-state index contributed by atoms with van der Waals surface area (Å²) in [6, 6.07) is 14.6. The van der Waals surface area contributed by atoms with Crippen LogP contribution in [0.5, 0.6) is 0 Å². The van der Waals surface area contributed by atoms with Gasteiger partial charge in [-0.25, -0.2) is 10.5 Å². The van der Waals surface area contributed by atoms with E-state index in [1.165, 1.54) is 6.42 Å². The number of carbonyl (C=O) groups excluding carboxylic acids is 2. The molecule has 10 heteroatoms. The van der Waals surface area contributed by atoms with Crippen LogP contribution in [0.3, 0.4) is 0 Å².